The van der Waals surface area contributed by atoms with E-state index in [1.807, 2.05) is 44.1 Å². The van der Waals surface area contributed by atoms with Gasteiger partial charge in [-0.3, -0.25) is 4.79 Å². The zero-order valence-electron chi connectivity index (χ0n) is 12.2. The van der Waals surface area contributed by atoms with Crippen LogP contribution in [0.15, 0.2) is 29.4 Å². The van der Waals surface area contributed by atoms with Crippen molar-refractivity contribution in [3.05, 3.63) is 29.8 Å². The summed E-state index contributed by atoms with van der Waals surface area (Å²) in [6.07, 6.45) is 0.351. The fourth-order valence-electron chi connectivity index (χ4n) is 1.80. The van der Waals surface area contributed by atoms with Gasteiger partial charge < -0.3 is 20.7 Å². The number of amides is 1. The van der Waals surface area contributed by atoms with Crippen LogP contribution in [0.5, 0.6) is 0 Å². The molecule has 0 saturated heterocycles. The average molecular weight is 278 g/mol. The molecule has 0 fully saturated rings. The third-order valence-electron chi connectivity index (χ3n) is 3.04. The summed E-state index contributed by atoms with van der Waals surface area (Å²) in [6, 6.07) is 7.46. The molecule has 3 N–H and O–H groups in total. The molecule has 0 heterocycles. The van der Waals surface area contributed by atoms with Crippen LogP contribution in [0, 0.1) is 0 Å². The van der Waals surface area contributed by atoms with Crippen LogP contribution in [0.1, 0.15) is 23.7 Å². The summed E-state index contributed by atoms with van der Waals surface area (Å²) < 4.78 is 0. The average Bonchev–Trinajstić information content (AvgIpc) is 2.47. The lowest BCUT2D eigenvalue weighted by Gasteiger charge is -2.21. The van der Waals surface area contributed by atoms with Gasteiger partial charge in [0.2, 0.25) is 0 Å². The van der Waals surface area contributed by atoms with Crippen LogP contribution in [0.2, 0.25) is 0 Å². The Labute approximate surface area is 119 Å². The minimum absolute atomic E-state index is 0.0538. The first-order chi connectivity index (χ1) is 9.49. The van der Waals surface area contributed by atoms with Gasteiger partial charge in [0.25, 0.3) is 5.91 Å². The predicted octanol–water partition coefficient (Wildman–Crippen LogP) is 1.35. The quantitative estimate of drug-likeness (QED) is 0.356. The summed E-state index contributed by atoms with van der Waals surface area (Å²) >= 11 is 0. The van der Waals surface area contributed by atoms with Crippen LogP contribution in [-0.4, -0.2) is 49.0 Å². The summed E-state index contributed by atoms with van der Waals surface area (Å²) in [5, 5.41) is 11.4. The monoisotopic (exact) mass is 278 g/mol. The third-order valence-corrected chi connectivity index (χ3v) is 3.04. The molecule has 0 aliphatic heterocycles. The normalized spacial score (nSPS) is 11.2. The molecule has 0 radical (unpaired) electrons. The van der Waals surface area contributed by atoms with Gasteiger partial charge in [0.1, 0.15) is 5.84 Å². The molecule has 0 atom stereocenters. The second-order valence-electron chi connectivity index (χ2n) is 4.67. The molecule has 110 valence electrons. The van der Waals surface area contributed by atoms with Crippen LogP contribution in [0.3, 0.4) is 0 Å². The van der Waals surface area contributed by atoms with Crippen molar-refractivity contribution in [2.24, 2.45) is 10.9 Å². The zero-order chi connectivity index (χ0) is 15.1. The smallest absolute Gasteiger partial charge is 0.253 e. The first kappa shape index (κ1) is 15.8. The van der Waals surface area contributed by atoms with Gasteiger partial charge in [0.05, 0.1) is 0 Å². The number of nitrogens with zero attached hydrogens (tertiary/aromatic N) is 3. The Kier molecular flexibility index (Phi) is 5.83. The van der Waals surface area contributed by atoms with Gasteiger partial charge >= 0.3 is 0 Å². The number of hydrogen-bond donors (Lipinski definition) is 2. The molecule has 0 aliphatic carbocycles. The molecular formula is C14H22N4O2. The SMILES string of the molecule is CCN(CCC(N)=NO)C(=O)c1cccc(N(C)C)c1. The van der Waals surface area contributed by atoms with Crippen LogP contribution >= 0.6 is 0 Å². The number of oxime groups is 1. The summed E-state index contributed by atoms with van der Waals surface area (Å²) in [6.45, 7) is 2.90. The van der Waals surface area contributed by atoms with E-state index in [0.717, 1.165) is 5.69 Å². The largest absolute Gasteiger partial charge is 0.409 e. The van der Waals surface area contributed by atoms with Crippen molar-refractivity contribution in [1.29, 1.82) is 0 Å². The molecule has 1 aromatic carbocycles. The molecule has 1 rings (SSSR count). The van der Waals surface area contributed by atoms with E-state index in [0.29, 0.717) is 25.1 Å². The van der Waals surface area contributed by atoms with Gasteiger partial charge in [0.15, 0.2) is 0 Å². The lowest BCUT2D eigenvalue weighted by Crippen LogP contribution is -2.34. The Morgan fingerprint density at radius 1 is 1.40 bits per heavy atom. The van der Waals surface area contributed by atoms with Crippen molar-refractivity contribution >= 4 is 17.4 Å². The molecule has 6 heteroatoms. The highest BCUT2D eigenvalue weighted by Crippen LogP contribution is 2.15. The van der Waals surface area contributed by atoms with Crippen LogP contribution in [-0.2, 0) is 0 Å². The highest BCUT2D eigenvalue weighted by molar-refractivity contribution is 5.95. The number of amidine groups is 1. The van der Waals surface area contributed by atoms with E-state index in [1.165, 1.54) is 0 Å². The van der Waals surface area contributed by atoms with Gasteiger partial charge in [-0.15, -0.1) is 0 Å². The van der Waals surface area contributed by atoms with Crippen LogP contribution < -0.4 is 10.6 Å². The van der Waals surface area contributed by atoms with E-state index in [4.69, 9.17) is 10.9 Å². The topological polar surface area (TPSA) is 82.2 Å². The number of rotatable bonds is 6. The first-order valence-corrected chi connectivity index (χ1v) is 6.52. The van der Waals surface area contributed by atoms with Crippen LogP contribution in [0.4, 0.5) is 5.69 Å². The molecule has 0 saturated carbocycles. The molecule has 20 heavy (non-hydrogen) atoms. The highest BCUT2D eigenvalue weighted by atomic mass is 16.4. The van der Waals surface area contributed by atoms with Gasteiger partial charge in [-0.05, 0) is 25.1 Å². The Bertz CT molecular complexity index is 486. The second kappa shape index (κ2) is 7.37. The lowest BCUT2D eigenvalue weighted by molar-refractivity contribution is 0.0768. The maximum Gasteiger partial charge on any atom is 0.253 e. The Hall–Kier alpha value is -2.24. The Balaban J connectivity index is 2.83. The third kappa shape index (κ3) is 4.15. The maximum absolute atomic E-state index is 12.4. The summed E-state index contributed by atoms with van der Waals surface area (Å²) in [4.78, 5) is 16.0. The number of carbonyl (C=O) groups is 1. The maximum atomic E-state index is 12.4. The molecule has 0 bridgehead atoms. The number of carbonyl (C=O) groups excluding carboxylic acids is 1. The molecule has 0 aromatic heterocycles. The van der Waals surface area contributed by atoms with Crippen molar-refractivity contribution < 1.29 is 10.0 Å². The Morgan fingerprint density at radius 2 is 2.10 bits per heavy atom. The van der Waals surface area contributed by atoms with Crippen molar-refractivity contribution in [3.63, 3.8) is 0 Å². The minimum Gasteiger partial charge on any atom is -0.409 e. The van der Waals surface area contributed by atoms with Crippen LogP contribution in [0.25, 0.3) is 0 Å². The summed E-state index contributed by atoms with van der Waals surface area (Å²) in [7, 11) is 3.86. The molecule has 1 amide bonds. The van der Waals surface area contributed by atoms with Crippen molar-refractivity contribution in [3.8, 4) is 0 Å². The van der Waals surface area contributed by atoms with E-state index < -0.39 is 0 Å². The van der Waals surface area contributed by atoms with E-state index in [9.17, 15) is 4.79 Å². The highest BCUT2D eigenvalue weighted by Gasteiger charge is 2.15. The van der Waals surface area contributed by atoms with E-state index in [1.54, 1.807) is 11.0 Å². The minimum atomic E-state index is -0.0538. The summed E-state index contributed by atoms with van der Waals surface area (Å²) in [5.74, 6) is 0.0697. The van der Waals surface area contributed by atoms with Gasteiger partial charge in [-0.25, -0.2) is 0 Å². The number of benzene rings is 1. The number of nitrogens with two attached hydrogens (primary N) is 1. The van der Waals surface area contributed by atoms with Gasteiger partial charge in [-0.2, -0.15) is 0 Å². The standard InChI is InChI=1S/C14H22N4O2/c1-4-18(9-8-13(15)16-20)14(19)11-6-5-7-12(10-11)17(2)3/h5-7,10,20H,4,8-9H2,1-3H3,(H2,15,16). The van der Waals surface area contributed by atoms with Crippen molar-refractivity contribution in [2.45, 2.75) is 13.3 Å². The van der Waals surface area contributed by atoms with Crippen molar-refractivity contribution in [2.75, 3.05) is 32.1 Å². The predicted molar refractivity (Wildman–Crippen MR) is 80.4 cm³/mol. The summed E-state index contributed by atoms with van der Waals surface area (Å²) in [5.41, 5.74) is 7.05. The molecular weight excluding hydrogens is 256 g/mol. The van der Waals surface area contributed by atoms with Crippen molar-refractivity contribution in [1.82, 2.24) is 4.90 Å². The fourth-order valence-corrected chi connectivity index (χ4v) is 1.80. The van der Waals surface area contributed by atoms with E-state index >= 15 is 0 Å². The number of anilines is 1. The lowest BCUT2D eigenvalue weighted by atomic mass is 10.1. The molecule has 0 aliphatic rings. The molecule has 6 nitrogen and oxygen atoms in total. The van der Waals surface area contributed by atoms with Gasteiger partial charge in [-0.1, -0.05) is 11.2 Å². The first-order valence-electron chi connectivity index (χ1n) is 6.52. The molecule has 1 aromatic rings. The molecule has 0 unspecified atom stereocenters. The molecule has 0 spiro atoms. The van der Waals surface area contributed by atoms with Gasteiger partial charge in [0, 0.05) is 44.9 Å². The van der Waals surface area contributed by atoms with E-state index in [-0.39, 0.29) is 11.7 Å². The zero-order valence-corrected chi connectivity index (χ0v) is 12.2. The fraction of sp³-hybridized carbons (Fsp3) is 0.429. The van der Waals surface area contributed by atoms with E-state index in [2.05, 4.69) is 5.16 Å². The Morgan fingerprint density at radius 3 is 2.65 bits per heavy atom. The number of hydrogen-bond acceptors (Lipinski definition) is 4. The second-order valence-corrected chi connectivity index (χ2v) is 4.67.